The number of anilines is 2. The quantitative estimate of drug-likeness (QED) is 0.368. The molecule has 0 unspecified atom stereocenters. The second kappa shape index (κ2) is 10.3. The standard InChI is InChI=1S/C21H30N6O2S2/c1-7-27(8-2)31-15-9-10-17(29-6)16(11-15)23-18-12-26-13-22-20(24(3)4)19(26)21(30-18)25(5)14-28/h9-11,13-14,23H,7-8,12H2,1-6H3. The predicted octanol–water partition coefficient (Wildman–Crippen LogP) is 2.86. The molecular weight excluding hydrogens is 432 g/mol. The van der Waals surface area contributed by atoms with E-state index in [1.807, 2.05) is 31.4 Å². The first-order valence-corrected chi connectivity index (χ1v) is 11.7. The first-order chi connectivity index (χ1) is 14.9. The summed E-state index contributed by atoms with van der Waals surface area (Å²) in [6.45, 7) is 6.88. The summed E-state index contributed by atoms with van der Waals surface area (Å²) in [5.41, 5.74) is 1.83. The molecule has 1 aromatic heterocycles. The molecular formula is C21H30N6O2S2. The van der Waals surface area contributed by atoms with Gasteiger partial charge in [0, 0.05) is 39.1 Å². The number of benzene rings is 1. The van der Waals surface area contributed by atoms with Gasteiger partial charge in [-0.3, -0.25) is 4.79 Å². The molecule has 1 amide bonds. The summed E-state index contributed by atoms with van der Waals surface area (Å²) in [5.74, 6) is 1.61. The van der Waals surface area contributed by atoms with E-state index in [4.69, 9.17) is 4.74 Å². The lowest BCUT2D eigenvalue weighted by Gasteiger charge is -2.24. The molecule has 0 bridgehead atoms. The zero-order valence-electron chi connectivity index (χ0n) is 18.9. The van der Waals surface area contributed by atoms with Crippen molar-refractivity contribution in [2.24, 2.45) is 0 Å². The van der Waals surface area contributed by atoms with E-state index in [0.29, 0.717) is 6.54 Å². The van der Waals surface area contributed by atoms with Gasteiger partial charge in [0.2, 0.25) is 6.41 Å². The number of hydrogen-bond acceptors (Lipinski definition) is 7. The molecule has 0 atom stereocenters. The van der Waals surface area contributed by atoms with E-state index in [-0.39, 0.29) is 0 Å². The lowest BCUT2D eigenvalue weighted by Crippen LogP contribution is -2.33. The molecule has 3 rings (SSSR count). The Bertz CT molecular complexity index is 1010. The Morgan fingerprint density at radius 2 is 2.03 bits per heavy atom. The van der Waals surface area contributed by atoms with Crippen LogP contribution in [0.2, 0.25) is 0 Å². The number of nitrogens with zero attached hydrogens (tertiary/aromatic N) is 5. The van der Waals surface area contributed by atoms with Crippen molar-refractivity contribution in [3.05, 3.63) is 30.2 Å². The highest BCUT2D eigenvalue weighted by molar-refractivity contribution is 7.98. The van der Waals surface area contributed by atoms with Crippen LogP contribution in [0.3, 0.4) is 0 Å². The van der Waals surface area contributed by atoms with E-state index in [2.05, 4.69) is 45.2 Å². The molecule has 2 aromatic rings. The smallest absolute Gasteiger partial charge is 0.214 e. The maximum absolute atomic E-state index is 11.6. The summed E-state index contributed by atoms with van der Waals surface area (Å²) in [4.78, 5) is 22.6. The summed E-state index contributed by atoms with van der Waals surface area (Å²) in [6, 6.07) is 6.16. The summed E-state index contributed by atoms with van der Waals surface area (Å²) >= 11 is 1.73. The van der Waals surface area contributed by atoms with Gasteiger partial charge >= 0.3 is 0 Å². The molecule has 2 heterocycles. The normalized spacial score (nSPS) is 13.0. The van der Waals surface area contributed by atoms with E-state index < -0.39 is 0 Å². The number of imidazole rings is 1. The van der Waals surface area contributed by atoms with Crippen LogP contribution in [-0.2, 0) is 11.3 Å². The van der Waals surface area contributed by atoms with Crippen LogP contribution in [0.4, 0.5) is 11.5 Å². The van der Waals surface area contributed by atoms with Gasteiger partial charge in [-0.05, 0) is 30.1 Å². The molecule has 0 fully saturated rings. The van der Waals surface area contributed by atoms with Gasteiger partial charge in [0.25, 0.3) is 0 Å². The number of methoxy groups -OCH3 is 1. The Kier molecular flexibility index (Phi) is 7.69. The van der Waals surface area contributed by atoms with Gasteiger partial charge in [0.05, 0.1) is 30.7 Å². The van der Waals surface area contributed by atoms with E-state index in [0.717, 1.165) is 57.3 Å². The van der Waals surface area contributed by atoms with Crippen LogP contribution in [0.1, 0.15) is 19.5 Å². The van der Waals surface area contributed by atoms with E-state index in [9.17, 15) is 4.79 Å². The van der Waals surface area contributed by atoms with Gasteiger partial charge < -0.3 is 24.4 Å². The van der Waals surface area contributed by atoms with Gasteiger partial charge in [0.15, 0.2) is 5.82 Å². The van der Waals surface area contributed by atoms with Gasteiger partial charge in [-0.15, -0.1) is 10.9 Å². The fourth-order valence-corrected chi connectivity index (χ4v) is 5.18. The van der Waals surface area contributed by atoms with Crippen molar-refractivity contribution < 1.29 is 9.53 Å². The van der Waals surface area contributed by atoms with E-state index >= 15 is 0 Å². The number of nitrogens with one attached hydrogen (secondary N) is 1. The second-order valence-corrected chi connectivity index (χ2v) is 9.43. The van der Waals surface area contributed by atoms with Crippen molar-refractivity contribution in [1.82, 2.24) is 18.8 Å². The van der Waals surface area contributed by atoms with Gasteiger partial charge in [0.1, 0.15) is 16.4 Å². The monoisotopic (exact) mass is 462 g/mol. The number of carbonyl (C=O) groups is 1. The maximum Gasteiger partial charge on any atom is 0.214 e. The minimum atomic E-state index is 0.633. The van der Waals surface area contributed by atoms with Crippen molar-refractivity contribution >= 4 is 50.8 Å². The minimum absolute atomic E-state index is 0.633. The first kappa shape index (κ1) is 23.2. The SMILES string of the molecule is CCN(CC)Sc1ccc(OC)c(NC2=S=C(N(C)C=O)c3c(N(C)C)ncn3C2)c1. The van der Waals surface area contributed by atoms with Crippen LogP contribution in [0, 0.1) is 0 Å². The maximum atomic E-state index is 11.6. The molecule has 1 aliphatic rings. The Morgan fingerprint density at radius 3 is 2.65 bits per heavy atom. The Morgan fingerprint density at radius 1 is 1.29 bits per heavy atom. The van der Waals surface area contributed by atoms with Gasteiger partial charge in [-0.25, -0.2) is 9.29 Å². The molecule has 0 radical (unpaired) electrons. The fourth-order valence-electron chi connectivity index (χ4n) is 3.23. The highest BCUT2D eigenvalue weighted by atomic mass is 32.2. The largest absolute Gasteiger partial charge is 0.495 e. The zero-order chi connectivity index (χ0) is 22.5. The molecule has 10 heteroatoms. The molecule has 1 aromatic carbocycles. The third kappa shape index (κ3) is 5.08. The number of hydrogen-bond donors (Lipinski definition) is 1. The molecule has 0 saturated carbocycles. The average molecular weight is 463 g/mol. The van der Waals surface area contributed by atoms with Crippen LogP contribution >= 0.6 is 22.9 Å². The molecule has 0 saturated heterocycles. The van der Waals surface area contributed by atoms with E-state index in [1.165, 1.54) is 0 Å². The van der Waals surface area contributed by atoms with Gasteiger partial charge in [-0.2, -0.15) is 0 Å². The number of rotatable bonds is 8. The second-order valence-electron chi connectivity index (χ2n) is 7.18. The van der Waals surface area contributed by atoms with Crippen LogP contribution in [0.5, 0.6) is 5.75 Å². The van der Waals surface area contributed by atoms with Crippen molar-refractivity contribution in [2.45, 2.75) is 25.3 Å². The summed E-state index contributed by atoms with van der Waals surface area (Å²) in [6.07, 6.45) is 2.64. The van der Waals surface area contributed by atoms with Crippen molar-refractivity contribution in [3.8, 4) is 5.75 Å². The molecule has 1 N–H and O–H groups in total. The highest BCUT2D eigenvalue weighted by Gasteiger charge is 2.24. The average Bonchev–Trinajstić information content (AvgIpc) is 3.20. The predicted molar refractivity (Wildman–Crippen MR) is 132 cm³/mol. The Hall–Kier alpha value is -2.43. The first-order valence-electron chi connectivity index (χ1n) is 10.1. The Labute approximate surface area is 191 Å². The fraction of sp³-hybridized carbons (Fsp3) is 0.429. The number of carbonyl (C=O) groups excluding carboxylic acids is 1. The molecule has 1 aliphatic heterocycles. The lowest BCUT2D eigenvalue weighted by atomic mass is 10.3. The number of ether oxygens (including phenoxy) is 1. The number of aromatic nitrogens is 2. The van der Waals surface area contributed by atoms with Crippen molar-refractivity contribution in [2.75, 3.05) is 51.6 Å². The van der Waals surface area contributed by atoms with Crippen molar-refractivity contribution in [3.63, 3.8) is 0 Å². The van der Waals surface area contributed by atoms with Crippen LogP contribution in [0.15, 0.2) is 29.4 Å². The van der Waals surface area contributed by atoms with Crippen LogP contribution < -0.4 is 15.0 Å². The highest BCUT2D eigenvalue weighted by Crippen LogP contribution is 2.32. The lowest BCUT2D eigenvalue weighted by molar-refractivity contribution is -0.113. The summed E-state index contributed by atoms with van der Waals surface area (Å²) in [5, 5.41) is 3.54. The van der Waals surface area contributed by atoms with Crippen LogP contribution in [0.25, 0.3) is 0 Å². The minimum Gasteiger partial charge on any atom is -0.495 e. The van der Waals surface area contributed by atoms with Crippen LogP contribution in [-0.4, -0.2) is 76.5 Å². The van der Waals surface area contributed by atoms with Crippen molar-refractivity contribution in [1.29, 1.82) is 0 Å². The number of amides is 1. The molecule has 0 aliphatic carbocycles. The zero-order valence-corrected chi connectivity index (χ0v) is 20.5. The molecule has 8 nitrogen and oxygen atoms in total. The Balaban J connectivity index is 2.01. The summed E-state index contributed by atoms with van der Waals surface area (Å²) < 4.78 is 9.94. The van der Waals surface area contributed by atoms with Gasteiger partial charge in [-0.1, -0.05) is 13.8 Å². The number of fused-ring (bicyclic) bond motifs is 1. The summed E-state index contributed by atoms with van der Waals surface area (Å²) in [7, 11) is 8.88. The third-order valence-corrected chi connectivity index (χ3v) is 7.23. The third-order valence-electron chi connectivity index (χ3n) is 4.84. The van der Waals surface area contributed by atoms with E-state index in [1.54, 1.807) is 41.9 Å². The molecule has 168 valence electrons. The molecule has 31 heavy (non-hydrogen) atoms. The topological polar surface area (TPSA) is 65.9 Å². The molecule has 0 spiro atoms.